The topological polar surface area (TPSA) is 77.5 Å². The van der Waals surface area contributed by atoms with Gasteiger partial charge in [-0.15, -0.1) is 0 Å². The fraction of sp³-hybridized carbons (Fsp3) is 0.389. The van der Waals surface area contributed by atoms with Crippen LogP contribution in [0.3, 0.4) is 0 Å². The molecule has 0 spiro atoms. The largest absolute Gasteiger partial charge is 0.495 e. The summed E-state index contributed by atoms with van der Waals surface area (Å²) in [6, 6.07) is 6.57. The van der Waals surface area contributed by atoms with E-state index in [1.165, 1.54) is 19.4 Å². The second-order valence-corrected chi connectivity index (χ2v) is 8.44. The van der Waals surface area contributed by atoms with E-state index in [1.54, 1.807) is 12.1 Å². The lowest BCUT2D eigenvalue weighted by Gasteiger charge is -2.29. The van der Waals surface area contributed by atoms with Gasteiger partial charge in [0.15, 0.2) is 0 Å². The molecule has 1 heterocycles. The number of benzene rings is 1. The van der Waals surface area contributed by atoms with Crippen LogP contribution >= 0.6 is 11.6 Å². The zero-order valence-electron chi connectivity index (χ0n) is 14.7. The number of ether oxygens (including phenoxy) is 2. The van der Waals surface area contributed by atoms with Gasteiger partial charge in [-0.05, 0) is 49.9 Å². The first-order chi connectivity index (χ1) is 12.9. The fourth-order valence-corrected chi connectivity index (χ4v) is 4.64. The van der Waals surface area contributed by atoms with E-state index in [2.05, 4.69) is 9.71 Å². The summed E-state index contributed by atoms with van der Waals surface area (Å²) in [4.78, 5) is 3.90. The number of hydrogen-bond acceptors (Lipinski definition) is 5. The number of nitrogens with one attached hydrogen (secondary N) is 1. The summed E-state index contributed by atoms with van der Waals surface area (Å²) in [6.45, 7) is 0. The third-order valence-corrected chi connectivity index (χ3v) is 6.16. The number of nitrogens with zero attached hydrogens (tertiary/aromatic N) is 1. The molecule has 6 nitrogen and oxygen atoms in total. The van der Waals surface area contributed by atoms with Gasteiger partial charge in [-0.2, -0.15) is 0 Å². The summed E-state index contributed by atoms with van der Waals surface area (Å²) >= 11 is 5.80. The lowest BCUT2D eigenvalue weighted by Crippen LogP contribution is -2.39. The van der Waals surface area contributed by atoms with E-state index >= 15 is 0 Å². The minimum absolute atomic E-state index is 0.0388. The highest BCUT2D eigenvalue weighted by molar-refractivity contribution is 7.89. The molecule has 1 aromatic carbocycles. The minimum atomic E-state index is -3.89. The number of hydrogen-bond donors (Lipinski definition) is 1. The maximum Gasteiger partial charge on any atom is 0.244 e. The van der Waals surface area contributed by atoms with Crippen LogP contribution in [0.1, 0.15) is 25.7 Å². The van der Waals surface area contributed by atoms with Crippen molar-refractivity contribution in [2.75, 3.05) is 7.11 Å². The van der Waals surface area contributed by atoms with Crippen molar-refractivity contribution in [3.05, 3.63) is 47.4 Å². The van der Waals surface area contributed by atoms with Gasteiger partial charge in [-0.25, -0.2) is 22.5 Å². The van der Waals surface area contributed by atoms with Gasteiger partial charge in [0.05, 0.1) is 12.1 Å². The van der Waals surface area contributed by atoms with Gasteiger partial charge < -0.3 is 9.47 Å². The Kier molecular flexibility index (Phi) is 6.18. The normalized spacial score (nSPS) is 20.3. The highest BCUT2D eigenvalue weighted by Crippen LogP contribution is 2.28. The van der Waals surface area contributed by atoms with Crippen LogP contribution in [0, 0.1) is 5.82 Å². The molecule has 0 atom stereocenters. The zero-order chi connectivity index (χ0) is 19.4. The molecule has 0 bridgehead atoms. The Morgan fingerprint density at radius 2 is 1.93 bits per heavy atom. The van der Waals surface area contributed by atoms with Gasteiger partial charge in [0.1, 0.15) is 22.6 Å². The van der Waals surface area contributed by atoms with E-state index in [9.17, 15) is 12.8 Å². The van der Waals surface area contributed by atoms with E-state index in [-0.39, 0.29) is 22.8 Å². The van der Waals surface area contributed by atoms with Crippen LogP contribution in [-0.4, -0.2) is 32.7 Å². The lowest BCUT2D eigenvalue weighted by atomic mass is 9.94. The van der Waals surface area contributed by atoms with Gasteiger partial charge >= 0.3 is 0 Å². The van der Waals surface area contributed by atoms with Crippen molar-refractivity contribution in [1.29, 1.82) is 0 Å². The molecule has 0 radical (unpaired) electrons. The Bertz CT molecular complexity index is 885. The zero-order valence-corrected chi connectivity index (χ0v) is 16.3. The van der Waals surface area contributed by atoms with Crippen molar-refractivity contribution < 1.29 is 22.3 Å². The summed E-state index contributed by atoms with van der Waals surface area (Å²) in [6.07, 6.45) is 4.05. The van der Waals surface area contributed by atoms with Crippen molar-refractivity contribution in [3.8, 4) is 11.6 Å². The summed E-state index contributed by atoms with van der Waals surface area (Å²) in [5.74, 6) is -0.0357. The van der Waals surface area contributed by atoms with Crippen molar-refractivity contribution in [3.63, 3.8) is 0 Å². The van der Waals surface area contributed by atoms with Crippen molar-refractivity contribution in [2.24, 2.45) is 0 Å². The summed E-state index contributed by atoms with van der Waals surface area (Å²) in [7, 11) is -2.54. The smallest absolute Gasteiger partial charge is 0.244 e. The second kappa shape index (κ2) is 8.41. The Morgan fingerprint density at radius 3 is 2.56 bits per heavy atom. The predicted octanol–water partition coefficient (Wildman–Crippen LogP) is 3.55. The van der Waals surface area contributed by atoms with Crippen LogP contribution in [0.15, 0.2) is 41.4 Å². The summed E-state index contributed by atoms with van der Waals surface area (Å²) in [5.41, 5.74) is 0. The number of sulfonamides is 1. The third kappa shape index (κ3) is 5.09. The molecule has 146 valence electrons. The van der Waals surface area contributed by atoms with Crippen molar-refractivity contribution in [2.45, 2.75) is 42.7 Å². The van der Waals surface area contributed by atoms with Crippen molar-refractivity contribution >= 4 is 21.6 Å². The van der Waals surface area contributed by atoms with Gasteiger partial charge in [0, 0.05) is 18.3 Å². The molecule has 9 heteroatoms. The molecule has 1 aromatic heterocycles. The molecule has 1 aliphatic rings. The Hall–Kier alpha value is -1.90. The van der Waals surface area contributed by atoms with E-state index in [0.29, 0.717) is 36.6 Å². The SMILES string of the molecule is COc1ccc(F)cc1S(=O)(=O)NC1CCC(Oc2ccc(Cl)cn2)CC1. The molecule has 1 fully saturated rings. The summed E-state index contributed by atoms with van der Waals surface area (Å²) < 4.78 is 52.2. The van der Waals surface area contributed by atoms with E-state index in [4.69, 9.17) is 21.1 Å². The maximum atomic E-state index is 13.5. The molecule has 27 heavy (non-hydrogen) atoms. The van der Waals surface area contributed by atoms with Crippen LogP contribution in [0.4, 0.5) is 4.39 Å². The molecule has 0 amide bonds. The van der Waals surface area contributed by atoms with E-state index in [1.807, 2.05) is 0 Å². The predicted molar refractivity (Wildman–Crippen MR) is 99.2 cm³/mol. The van der Waals surface area contributed by atoms with E-state index < -0.39 is 15.8 Å². The van der Waals surface area contributed by atoms with E-state index in [0.717, 1.165) is 12.1 Å². The Balaban J connectivity index is 1.60. The van der Waals surface area contributed by atoms with Crippen molar-refractivity contribution in [1.82, 2.24) is 9.71 Å². The first-order valence-corrected chi connectivity index (χ1v) is 10.4. The first kappa shape index (κ1) is 19.9. The fourth-order valence-electron chi connectivity index (χ4n) is 3.04. The molecule has 1 aliphatic carbocycles. The van der Waals surface area contributed by atoms with Crippen LogP contribution in [0.2, 0.25) is 5.02 Å². The minimum Gasteiger partial charge on any atom is -0.495 e. The molecule has 0 saturated heterocycles. The highest BCUT2D eigenvalue weighted by atomic mass is 35.5. The third-order valence-electron chi connectivity index (χ3n) is 4.40. The molecular formula is C18H20ClFN2O4S. The second-order valence-electron chi connectivity index (χ2n) is 6.32. The average Bonchev–Trinajstić information content (AvgIpc) is 2.65. The quantitative estimate of drug-likeness (QED) is 0.782. The molecule has 2 aromatic rings. The van der Waals surface area contributed by atoms with Crippen LogP contribution in [0.25, 0.3) is 0 Å². The highest BCUT2D eigenvalue weighted by Gasteiger charge is 2.28. The van der Waals surface area contributed by atoms with Crippen LogP contribution < -0.4 is 14.2 Å². The van der Waals surface area contributed by atoms with Gasteiger partial charge in [-0.3, -0.25) is 0 Å². The van der Waals surface area contributed by atoms with Gasteiger partial charge in [-0.1, -0.05) is 11.6 Å². The molecule has 0 aliphatic heterocycles. The maximum absolute atomic E-state index is 13.5. The van der Waals surface area contributed by atoms with Crippen LogP contribution in [-0.2, 0) is 10.0 Å². The summed E-state index contributed by atoms with van der Waals surface area (Å²) in [5, 5.41) is 0.535. The molecule has 3 rings (SSSR count). The van der Waals surface area contributed by atoms with Gasteiger partial charge in [0.2, 0.25) is 15.9 Å². The van der Waals surface area contributed by atoms with Gasteiger partial charge in [0.25, 0.3) is 0 Å². The number of methoxy groups -OCH3 is 1. The molecule has 1 saturated carbocycles. The Morgan fingerprint density at radius 1 is 1.19 bits per heavy atom. The number of halogens is 2. The monoisotopic (exact) mass is 414 g/mol. The van der Waals surface area contributed by atoms with Crippen LogP contribution in [0.5, 0.6) is 11.6 Å². The number of pyridine rings is 1. The average molecular weight is 415 g/mol. The first-order valence-electron chi connectivity index (χ1n) is 8.51. The molecule has 0 unspecified atom stereocenters. The molecule has 1 N–H and O–H groups in total. The Labute approximate surface area is 162 Å². The molecular weight excluding hydrogens is 395 g/mol. The lowest BCUT2D eigenvalue weighted by molar-refractivity contribution is 0.138. The standard InChI is InChI=1S/C18H20ClFN2O4S/c1-25-16-8-3-13(20)10-17(16)27(23,24)22-14-4-6-15(7-5-14)26-18-9-2-12(19)11-21-18/h2-3,8-11,14-15,22H,4-7H2,1H3. The number of aromatic nitrogens is 1. The number of rotatable bonds is 6.